The van der Waals surface area contributed by atoms with Crippen molar-refractivity contribution < 1.29 is 9.47 Å². The number of ether oxygens (including phenoxy) is 2. The van der Waals surface area contributed by atoms with Crippen molar-refractivity contribution in [3.8, 4) is 0 Å². The highest BCUT2D eigenvalue weighted by Crippen LogP contribution is 2.41. The SMILES string of the molecule is CCOC1(C(NN)C2CCOCC2)CCCC(C)C1. The molecule has 0 radical (unpaired) electrons. The molecule has 1 saturated heterocycles. The zero-order valence-electron chi connectivity index (χ0n) is 12.5. The van der Waals surface area contributed by atoms with Gasteiger partial charge in [0.15, 0.2) is 0 Å². The van der Waals surface area contributed by atoms with Crippen LogP contribution in [0.3, 0.4) is 0 Å². The lowest BCUT2D eigenvalue weighted by Crippen LogP contribution is -2.60. The molecule has 2 aliphatic rings. The second-order valence-corrected chi connectivity index (χ2v) is 6.29. The summed E-state index contributed by atoms with van der Waals surface area (Å²) in [6, 6.07) is 0.263. The van der Waals surface area contributed by atoms with Gasteiger partial charge in [0, 0.05) is 19.8 Å². The maximum atomic E-state index is 6.26. The van der Waals surface area contributed by atoms with Crippen molar-refractivity contribution in [3.63, 3.8) is 0 Å². The van der Waals surface area contributed by atoms with Crippen LogP contribution in [0.5, 0.6) is 0 Å². The molecule has 0 aromatic carbocycles. The largest absolute Gasteiger partial charge is 0.381 e. The molecule has 19 heavy (non-hydrogen) atoms. The van der Waals surface area contributed by atoms with Gasteiger partial charge in [-0.15, -0.1) is 0 Å². The molecule has 2 fully saturated rings. The Morgan fingerprint density at radius 1 is 1.37 bits per heavy atom. The van der Waals surface area contributed by atoms with E-state index in [1.54, 1.807) is 0 Å². The Balaban J connectivity index is 2.13. The molecule has 1 saturated carbocycles. The van der Waals surface area contributed by atoms with Crippen LogP contribution in [0.2, 0.25) is 0 Å². The quantitative estimate of drug-likeness (QED) is 0.594. The molecule has 1 aliphatic carbocycles. The monoisotopic (exact) mass is 270 g/mol. The fourth-order valence-corrected chi connectivity index (χ4v) is 4.10. The molecule has 0 aromatic rings. The van der Waals surface area contributed by atoms with Crippen LogP contribution in [0, 0.1) is 11.8 Å². The average molecular weight is 270 g/mol. The molecular weight excluding hydrogens is 240 g/mol. The summed E-state index contributed by atoms with van der Waals surface area (Å²) in [6.45, 7) is 6.93. The smallest absolute Gasteiger partial charge is 0.0853 e. The van der Waals surface area contributed by atoms with Crippen LogP contribution in [-0.2, 0) is 9.47 Å². The molecule has 3 unspecified atom stereocenters. The van der Waals surface area contributed by atoms with E-state index in [0.29, 0.717) is 5.92 Å². The summed E-state index contributed by atoms with van der Waals surface area (Å²) in [6.07, 6.45) is 7.03. The summed E-state index contributed by atoms with van der Waals surface area (Å²) < 4.78 is 11.8. The van der Waals surface area contributed by atoms with Gasteiger partial charge in [-0.1, -0.05) is 19.8 Å². The van der Waals surface area contributed by atoms with Crippen LogP contribution in [0.15, 0.2) is 0 Å². The fraction of sp³-hybridized carbons (Fsp3) is 1.00. The van der Waals surface area contributed by atoms with Crippen molar-refractivity contribution in [3.05, 3.63) is 0 Å². The average Bonchev–Trinajstić information content (AvgIpc) is 2.41. The third-order valence-corrected chi connectivity index (χ3v) is 4.91. The molecular formula is C15H30N2O2. The number of nitrogens with one attached hydrogen (secondary N) is 1. The molecule has 3 N–H and O–H groups in total. The highest BCUT2D eigenvalue weighted by molar-refractivity contribution is 4.99. The zero-order chi connectivity index (χ0) is 13.7. The van der Waals surface area contributed by atoms with Crippen LogP contribution in [-0.4, -0.2) is 31.5 Å². The molecule has 2 rings (SSSR count). The Morgan fingerprint density at radius 3 is 2.68 bits per heavy atom. The van der Waals surface area contributed by atoms with E-state index in [-0.39, 0.29) is 11.6 Å². The van der Waals surface area contributed by atoms with Gasteiger partial charge in [-0.05, 0) is 44.4 Å². The molecule has 4 nitrogen and oxygen atoms in total. The van der Waals surface area contributed by atoms with Crippen LogP contribution in [0.4, 0.5) is 0 Å². The van der Waals surface area contributed by atoms with Crippen LogP contribution in [0.1, 0.15) is 52.4 Å². The Morgan fingerprint density at radius 2 is 2.11 bits per heavy atom. The number of rotatable bonds is 5. The van der Waals surface area contributed by atoms with Gasteiger partial charge >= 0.3 is 0 Å². The van der Waals surface area contributed by atoms with Gasteiger partial charge in [-0.25, -0.2) is 0 Å². The van der Waals surface area contributed by atoms with Gasteiger partial charge in [0.25, 0.3) is 0 Å². The summed E-state index contributed by atoms with van der Waals surface area (Å²) in [7, 11) is 0. The van der Waals surface area contributed by atoms with Gasteiger partial charge in [-0.3, -0.25) is 11.3 Å². The van der Waals surface area contributed by atoms with Gasteiger partial charge < -0.3 is 9.47 Å². The van der Waals surface area contributed by atoms with E-state index in [1.165, 1.54) is 12.8 Å². The lowest BCUT2D eigenvalue weighted by Gasteiger charge is -2.48. The standard InChI is InChI=1S/C15H30N2O2/c1-3-19-15(8-4-5-12(2)11-15)14(17-16)13-6-9-18-10-7-13/h12-14,17H,3-11,16H2,1-2H3. The van der Waals surface area contributed by atoms with Gasteiger partial charge in [0.2, 0.25) is 0 Å². The fourth-order valence-electron chi connectivity index (χ4n) is 4.10. The molecule has 1 heterocycles. The number of hydrogen-bond donors (Lipinski definition) is 2. The molecule has 3 atom stereocenters. The molecule has 0 bridgehead atoms. The van der Waals surface area contributed by atoms with E-state index in [4.69, 9.17) is 15.3 Å². The van der Waals surface area contributed by atoms with Crippen molar-refractivity contribution in [2.24, 2.45) is 17.7 Å². The summed E-state index contributed by atoms with van der Waals surface area (Å²) in [5, 5.41) is 0. The Labute approximate surface area is 117 Å². The maximum absolute atomic E-state index is 6.26. The third kappa shape index (κ3) is 3.48. The molecule has 4 heteroatoms. The van der Waals surface area contributed by atoms with Gasteiger partial charge in [0.1, 0.15) is 0 Å². The first-order valence-corrected chi connectivity index (χ1v) is 7.89. The predicted octanol–water partition coefficient (Wildman–Crippen LogP) is 2.23. The first-order valence-electron chi connectivity index (χ1n) is 7.89. The predicted molar refractivity (Wildman–Crippen MR) is 76.6 cm³/mol. The van der Waals surface area contributed by atoms with E-state index in [9.17, 15) is 0 Å². The maximum Gasteiger partial charge on any atom is 0.0853 e. The van der Waals surface area contributed by atoms with Crippen molar-refractivity contribution >= 4 is 0 Å². The molecule has 0 amide bonds. The molecule has 0 aromatic heterocycles. The van der Waals surface area contributed by atoms with E-state index in [0.717, 1.165) is 51.4 Å². The lowest BCUT2D eigenvalue weighted by molar-refractivity contribution is -0.120. The number of hydrogen-bond acceptors (Lipinski definition) is 4. The topological polar surface area (TPSA) is 56.5 Å². The molecule has 112 valence electrons. The first-order chi connectivity index (χ1) is 9.22. The van der Waals surface area contributed by atoms with E-state index in [1.807, 2.05) is 0 Å². The second-order valence-electron chi connectivity index (χ2n) is 6.29. The van der Waals surface area contributed by atoms with Crippen molar-refractivity contribution in [1.29, 1.82) is 0 Å². The number of nitrogens with two attached hydrogens (primary N) is 1. The molecule has 0 spiro atoms. The minimum atomic E-state index is -0.0663. The third-order valence-electron chi connectivity index (χ3n) is 4.91. The lowest BCUT2D eigenvalue weighted by atomic mass is 9.70. The minimum Gasteiger partial charge on any atom is -0.381 e. The number of hydrazine groups is 1. The van der Waals surface area contributed by atoms with Crippen molar-refractivity contribution in [2.75, 3.05) is 19.8 Å². The second kappa shape index (κ2) is 7.02. The van der Waals surface area contributed by atoms with Crippen LogP contribution in [0.25, 0.3) is 0 Å². The van der Waals surface area contributed by atoms with E-state index >= 15 is 0 Å². The Kier molecular flexibility index (Phi) is 5.63. The highest BCUT2D eigenvalue weighted by atomic mass is 16.5. The molecule has 1 aliphatic heterocycles. The Hall–Kier alpha value is -0.160. The highest BCUT2D eigenvalue weighted by Gasteiger charge is 2.45. The van der Waals surface area contributed by atoms with Crippen molar-refractivity contribution in [1.82, 2.24) is 5.43 Å². The first kappa shape index (κ1) is 15.2. The van der Waals surface area contributed by atoms with Crippen LogP contribution < -0.4 is 11.3 Å². The normalized spacial score (nSPS) is 35.2. The van der Waals surface area contributed by atoms with Gasteiger partial charge in [-0.2, -0.15) is 0 Å². The summed E-state index contributed by atoms with van der Waals surface area (Å²) in [5.74, 6) is 7.24. The van der Waals surface area contributed by atoms with E-state index in [2.05, 4.69) is 19.3 Å². The Bertz CT molecular complexity index is 265. The van der Waals surface area contributed by atoms with Gasteiger partial charge in [0.05, 0.1) is 11.6 Å². The van der Waals surface area contributed by atoms with Crippen molar-refractivity contribution in [2.45, 2.75) is 64.0 Å². The summed E-state index contributed by atoms with van der Waals surface area (Å²) in [4.78, 5) is 0. The zero-order valence-corrected chi connectivity index (χ0v) is 12.5. The minimum absolute atomic E-state index is 0.0663. The summed E-state index contributed by atoms with van der Waals surface area (Å²) in [5.41, 5.74) is 3.04. The summed E-state index contributed by atoms with van der Waals surface area (Å²) >= 11 is 0. The van der Waals surface area contributed by atoms with E-state index < -0.39 is 0 Å². The van der Waals surface area contributed by atoms with Crippen LogP contribution >= 0.6 is 0 Å².